The van der Waals surface area contributed by atoms with E-state index in [1.54, 1.807) is 6.20 Å². The molecule has 0 aliphatic heterocycles. The third kappa shape index (κ3) is 1.52. The number of aromatic nitrogens is 4. The van der Waals surface area contributed by atoms with Crippen LogP contribution >= 0.6 is 0 Å². The van der Waals surface area contributed by atoms with Crippen LogP contribution in [0.2, 0.25) is 0 Å². The van der Waals surface area contributed by atoms with Crippen molar-refractivity contribution in [2.45, 2.75) is 6.92 Å². The highest BCUT2D eigenvalue weighted by Crippen LogP contribution is 2.23. The van der Waals surface area contributed by atoms with Gasteiger partial charge in [-0.25, -0.2) is 9.97 Å². The highest BCUT2D eigenvalue weighted by molar-refractivity contribution is 5.77. The van der Waals surface area contributed by atoms with Gasteiger partial charge in [0.1, 0.15) is 6.33 Å². The Kier molecular flexibility index (Phi) is 2.04. The monoisotopic (exact) mass is 225 g/mol. The van der Waals surface area contributed by atoms with Gasteiger partial charge in [-0.3, -0.25) is 0 Å². The van der Waals surface area contributed by atoms with Gasteiger partial charge in [-0.05, 0) is 12.5 Å². The van der Waals surface area contributed by atoms with Crippen molar-refractivity contribution in [3.63, 3.8) is 0 Å². The number of hydrogen-bond donors (Lipinski definition) is 1. The third-order valence-corrected chi connectivity index (χ3v) is 2.69. The maximum atomic E-state index is 5.72. The lowest BCUT2D eigenvalue weighted by Gasteiger charge is -2.00. The van der Waals surface area contributed by atoms with Crippen LogP contribution < -0.4 is 5.73 Å². The zero-order chi connectivity index (χ0) is 11.8. The summed E-state index contributed by atoms with van der Waals surface area (Å²) in [6.45, 7) is 2.06. The number of rotatable bonds is 1. The van der Waals surface area contributed by atoms with E-state index >= 15 is 0 Å². The molecule has 5 heteroatoms. The van der Waals surface area contributed by atoms with Crippen LogP contribution in [-0.4, -0.2) is 19.6 Å². The second-order valence-corrected chi connectivity index (χ2v) is 3.89. The summed E-state index contributed by atoms with van der Waals surface area (Å²) < 4.78 is 1.54. The van der Waals surface area contributed by atoms with E-state index in [2.05, 4.69) is 34.1 Å². The van der Waals surface area contributed by atoms with E-state index < -0.39 is 0 Å². The molecule has 0 spiro atoms. The lowest BCUT2D eigenvalue weighted by molar-refractivity contribution is 0.909. The number of aryl methyl sites for hydroxylation is 1. The number of nitrogen functional groups attached to an aromatic ring is 1. The average Bonchev–Trinajstić information content (AvgIpc) is 2.75. The molecule has 0 aliphatic rings. The Balaban J connectivity index is 2.24. The summed E-state index contributed by atoms with van der Waals surface area (Å²) >= 11 is 0. The molecule has 2 N–H and O–H groups in total. The largest absolute Gasteiger partial charge is 0.368 e. The molecular weight excluding hydrogens is 214 g/mol. The van der Waals surface area contributed by atoms with Gasteiger partial charge in [-0.2, -0.15) is 9.61 Å². The van der Waals surface area contributed by atoms with E-state index in [9.17, 15) is 0 Å². The molecule has 0 unspecified atom stereocenters. The van der Waals surface area contributed by atoms with Gasteiger partial charge in [-0.15, -0.1) is 0 Å². The van der Waals surface area contributed by atoms with Gasteiger partial charge in [0.25, 0.3) is 0 Å². The standard InChI is InChI=1S/C12H11N5/c1-8-2-4-9(5-3-8)10-6-16-17-11(10)14-7-15-12(17)13/h2-7H,1H3,(H2,13,14,15). The fourth-order valence-corrected chi connectivity index (χ4v) is 1.77. The summed E-state index contributed by atoms with van der Waals surface area (Å²) in [5, 5.41) is 4.18. The Labute approximate surface area is 97.9 Å². The summed E-state index contributed by atoms with van der Waals surface area (Å²) in [5.41, 5.74) is 9.70. The van der Waals surface area contributed by atoms with Crippen molar-refractivity contribution >= 4 is 11.6 Å². The molecule has 3 aromatic rings. The molecule has 5 nitrogen and oxygen atoms in total. The van der Waals surface area contributed by atoms with Crippen molar-refractivity contribution in [2.24, 2.45) is 0 Å². The van der Waals surface area contributed by atoms with Crippen LogP contribution in [0.15, 0.2) is 36.8 Å². The van der Waals surface area contributed by atoms with Crippen molar-refractivity contribution < 1.29 is 0 Å². The molecule has 2 heterocycles. The Bertz CT molecular complexity index is 669. The minimum Gasteiger partial charge on any atom is -0.368 e. The summed E-state index contributed by atoms with van der Waals surface area (Å²) in [6, 6.07) is 8.21. The molecule has 2 aromatic heterocycles. The summed E-state index contributed by atoms with van der Waals surface area (Å²) in [7, 11) is 0. The first kappa shape index (κ1) is 9.77. The molecule has 0 amide bonds. The zero-order valence-corrected chi connectivity index (χ0v) is 9.33. The minimum atomic E-state index is 0.341. The molecule has 0 radical (unpaired) electrons. The predicted octanol–water partition coefficient (Wildman–Crippen LogP) is 1.68. The molecule has 84 valence electrons. The number of benzene rings is 1. The molecule has 1 aromatic carbocycles. The molecule has 3 rings (SSSR count). The van der Waals surface area contributed by atoms with Gasteiger partial charge in [0, 0.05) is 5.56 Å². The lowest BCUT2D eigenvalue weighted by Crippen LogP contribution is -2.02. The van der Waals surface area contributed by atoms with Crippen molar-refractivity contribution in [1.82, 2.24) is 19.6 Å². The van der Waals surface area contributed by atoms with E-state index in [0.29, 0.717) is 5.95 Å². The molecule has 0 aliphatic carbocycles. The Morgan fingerprint density at radius 1 is 1.12 bits per heavy atom. The van der Waals surface area contributed by atoms with Crippen LogP contribution in [-0.2, 0) is 0 Å². The molecule has 0 saturated heterocycles. The Hall–Kier alpha value is -2.43. The fourth-order valence-electron chi connectivity index (χ4n) is 1.77. The highest BCUT2D eigenvalue weighted by Gasteiger charge is 2.09. The number of nitrogens with zero attached hydrogens (tertiary/aromatic N) is 4. The van der Waals surface area contributed by atoms with Gasteiger partial charge >= 0.3 is 0 Å². The summed E-state index contributed by atoms with van der Waals surface area (Å²) in [4.78, 5) is 8.11. The van der Waals surface area contributed by atoms with E-state index in [4.69, 9.17) is 5.73 Å². The number of hydrogen-bond acceptors (Lipinski definition) is 4. The maximum Gasteiger partial charge on any atom is 0.224 e. The fraction of sp³-hybridized carbons (Fsp3) is 0.0833. The van der Waals surface area contributed by atoms with Crippen molar-refractivity contribution in [3.05, 3.63) is 42.4 Å². The first-order chi connectivity index (χ1) is 8.25. The van der Waals surface area contributed by atoms with Crippen LogP contribution in [0.25, 0.3) is 16.8 Å². The summed E-state index contributed by atoms with van der Waals surface area (Å²) in [5.74, 6) is 0.341. The second-order valence-electron chi connectivity index (χ2n) is 3.89. The normalized spacial score (nSPS) is 10.9. The molecular formula is C12H11N5. The van der Waals surface area contributed by atoms with Gasteiger partial charge in [0.15, 0.2) is 5.65 Å². The number of fused-ring (bicyclic) bond motifs is 1. The Morgan fingerprint density at radius 2 is 1.88 bits per heavy atom. The molecule has 0 bridgehead atoms. The van der Waals surface area contributed by atoms with Crippen LogP contribution in [0.5, 0.6) is 0 Å². The van der Waals surface area contributed by atoms with Crippen LogP contribution in [0.4, 0.5) is 5.95 Å². The summed E-state index contributed by atoms with van der Waals surface area (Å²) in [6.07, 6.45) is 3.20. The first-order valence-electron chi connectivity index (χ1n) is 5.27. The van der Waals surface area contributed by atoms with Gasteiger partial charge in [0.05, 0.1) is 6.20 Å². The number of nitrogens with two attached hydrogens (primary N) is 1. The average molecular weight is 225 g/mol. The third-order valence-electron chi connectivity index (χ3n) is 2.69. The first-order valence-corrected chi connectivity index (χ1v) is 5.27. The predicted molar refractivity (Wildman–Crippen MR) is 65.4 cm³/mol. The van der Waals surface area contributed by atoms with E-state index in [1.165, 1.54) is 16.4 Å². The minimum absolute atomic E-state index is 0.341. The van der Waals surface area contributed by atoms with E-state index in [0.717, 1.165) is 16.8 Å². The van der Waals surface area contributed by atoms with Gasteiger partial charge < -0.3 is 5.73 Å². The van der Waals surface area contributed by atoms with E-state index in [1.807, 2.05) is 12.1 Å². The number of anilines is 1. The maximum absolute atomic E-state index is 5.72. The lowest BCUT2D eigenvalue weighted by atomic mass is 10.1. The van der Waals surface area contributed by atoms with Crippen LogP contribution in [0.1, 0.15) is 5.56 Å². The molecule has 0 atom stereocenters. The van der Waals surface area contributed by atoms with Gasteiger partial charge in [-0.1, -0.05) is 29.8 Å². The van der Waals surface area contributed by atoms with E-state index in [-0.39, 0.29) is 0 Å². The SMILES string of the molecule is Cc1ccc(-c2cnn3c(N)ncnc23)cc1. The Morgan fingerprint density at radius 3 is 2.65 bits per heavy atom. The van der Waals surface area contributed by atoms with Crippen molar-refractivity contribution in [3.8, 4) is 11.1 Å². The van der Waals surface area contributed by atoms with Crippen LogP contribution in [0, 0.1) is 6.92 Å². The molecule has 0 fully saturated rings. The van der Waals surface area contributed by atoms with Crippen molar-refractivity contribution in [1.29, 1.82) is 0 Å². The van der Waals surface area contributed by atoms with Crippen LogP contribution in [0.3, 0.4) is 0 Å². The molecule has 17 heavy (non-hydrogen) atoms. The zero-order valence-electron chi connectivity index (χ0n) is 9.33. The second kappa shape index (κ2) is 3.55. The van der Waals surface area contributed by atoms with Crippen molar-refractivity contribution in [2.75, 3.05) is 5.73 Å². The topological polar surface area (TPSA) is 69.1 Å². The molecule has 0 saturated carbocycles. The van der Waals surface area contributed by atoms with Gasteiger partial charge in [0.2, 0.25) is 5.95 Å². The highest BCUT2D eigenvalue weighted by atomic mass is 15.3. The quantitative estimate of drug-likeness (QED) is 0.684. The smallest absolute Gasteiger partial charge is 0.224 e.